The van der Waals surface area contributed by atoms with Gasteiger partial charge in [-0.05, 0) is 49.3 Å². The second-order valence-corrected chi connectivity index (χ2v) is 5.99. The summed E-state index contributed by atoms with van der Waals surface area (Å²) in [6.45, 7) is 4.47. The van der Waals surface area contributed by atoms with Crippen LogP contribution < -0.4 is 5.32 Å². The first-order chi connectivity index (χ1) is 8.45. The standard InChI is InChI=1S/C15H19FN2/c1-14(2)6-8-15(11-17,9-7-14)18-13-5-3-4-12(16)10-13/h3-5,10,18H,6-9H2,1-2H3. The maximum Gasteiger partial charge on any atom is 0.125 e. The number of hydrogen-bond donors (Lipinski definition) is 1. The van der Waals surface area contributed by atoms with Gasteiger partial charge >= 0.3 is 0 Å². The third-order valence-corrected chi connectivity index (χ3v) is 3.88. The van der Waals surface area contributed by atoms with Gasteiger partial charge in [0.15, 0.2) is 0 Å². The average molecular weight is 246 g/mol. The van der Waals surface area contributed by atoms with Crippen molar-refractivity contribution in [2.45, 2.75) is 45.1 Å². The molecule has 1 aromatic rings. The Bertz CT molecular complexity index is 464. The maximum absolute atomic E-state index is 13.2. The predicted octanol–water partition coefficient (Wildman–Crippen LogP) is 4.10. The summed E-state index contributed by atoms with van der Waals surface area (Å²) in [5.41, 5.74) is 0.462. The molecule has 0 atom stereocenters. The molecule has 1 aromatic carbocycles. The molecule has 0 radical (unpaired) electrons. The Morgan fingerprint density at radius 2 is 1.89 bits per heavy atom. The Morgan fingerprint density at radius 3 is 2.44 bits per heavy atom. The lowest BCUT2D eigenvalue weighted by atomic mass is 9.70. The lowest BCUT2D eigenvalue weighted by Crippen LogP contribution is -2.42. The molecule has 1 N–H and O–H groups in total. The molecule has 0 aliphatic heterocycles. The van der Waals surface area contributed by atoms with Gasteiger partial charge in [0, 0.05) is 5.69 Å². The van der Waals surface area contributed by atoms with E-state index in [2.05, 4.69) is 25.2 Å². The number of halogens is 1. The van der Waals surface area contributed by atoms with Gasteiger partial charge in [0.05, 0.1) is 6.07 Å². The zero-order valence-corrected chi connectivity index (χ0v) is 11.0. The maximum atomic E-state index is 13.2. The molecule has 96 valence electrons. The highest BCUT2D eigenvalue weighted by Crippen LogP contribution is 2.41. The molecule has 1 aliphatic carbocycles. The van der Waals surface area contributed by atoms with Crippen LogP contribution in [0.15, 0.2) is 24.3 Å². The van der Waals surface area contributed by atoms with E-state index in [9.17, 15) is 9.65 Å². The minimum absolute atomic E-state index is 0.274. The van der Waals surface area contributed by atoms with E-state index in [1.807, 2.05) is 6.07 Å². The largest absolute Gasteiger partial charge is 0.367 e. The molecule has 0 heterocycles. The zero-order chi connectivity index (χ0) is 13.2. The van der Waals surface area contributed by atoms with Crippen LogP contribution in [0.2, 0.25) is 0 Å². The van der Waals surface area contributed by atoms with E-state index in [1.54, 1.807) is 6.07 Å². The van der Waals surface area contributed by atoms with E-state index in [1.165, 1.54) is 12.1 Å². The Labute approximate surface area is 108 Å². The van der Waals surface area contributed by atoms with E-state index in [0.29, 0.717) is 11.1 Å². The van der Waals surface area contributed by atoms with E-state index in [0.717, 1.165) is 25.7 Å². The van der Waals surface area contributed by atoms with Crippen molar-refractivity contribution >= 4 is 5.69 Å². The molecule has 0 spiro atoms. The first-order valence-corrected chi connectivity index (χ1v) is 6.40. The van der Waals surface area contributed by atoms with Gasteiger partial charge in [0.25, 0.3) is 0 Å². The Morgan fingerprint density at radius 1 is 1.22 bits per heavy atom. The summed E-state index contributed by atoms with van der Waals surface area (Å²) in [5.74, 6) is -0.274. The molecule has 2 rings (SSSR count). The fourth-order valence-electron chi connectivity index (χ4n) is 2.46. The molecule has 0 unspecified atom stereocenters. The number of rotatable bonds is 2. The van der Waals surface area contributed by atoms with Crippen molar-refractivity contribution in [1.29, 1.82) is 5.26 Å². The van der Waals surface area contributed by atoms with Crippen LogP contribution in [0.5, 0.6) is 0 Å². The fraction of sp³-hybridized carbons (Fsp3) is 0.533. The number of nitrogens with zero attached hydrogens (tertiary/aromatic N) is 1. The van der Waals surface area contributed by atoms with Gasteiger partial charge in [-0.1, -0.05) is 19.9 Å². The van der Waals surface area contributed by atoms with Crippen molar-refractivity contribution in [2.24, 2.45) is 5.41 Å². The molecular weight excluding hydrogens is 227 g/mol. The molecule has 18 heavy (non-hydrogen) atoms. The molecule has 0 amide bonds. The molecule has 1 aliphatic rings. The van der Waals surface area contributed by atoms with Crippen molar-refractivity contribution < 1.29 is 4.39 Å². The lowest BCUT2D eigenvalue weighted by Gasteiger charge is -2.40. The van der Waals surface area contributed by atoms with Gasteiger partial charge < -0.3 is 5.32 Å². The zero-order valence-electron chi connectivity index (χ0n) is 11.0. The van der Waals surface area contributed by atoms with Crippen LogP contribution in [0.25, 0.3) is 0 Å². The molecule has 1 fully saturated rings. The molecule has 2 nitrogen and oxygen atoms in total. The number of nitriles is 1. The summed E-state index contributed by atoms with van der Waals surface area (Å²) in [4.78, 5) is 0. The first kappa shape index (κ1) is 12.9. The van der Waals surface area contributed by atoms with E-state index in [-0.39, 0.29) is 5.82 Å². The summed E-state index contributed by atoms with van der Waals surface area (Å²) in [7, 11) is 0. The van der Waals surface area contributed by atoms with Gasteiger partial charge in [-0.2, -0.15) is 5.26 Å². The average Bonchev–Trinajstić information content (AvgIpc) is 2.33. The molecular formula is C15H19FN2. The van der Waals surface area contributed by atoms with Gasteiger partial charge in [-0.25, -0.2) is 4.39 Å². The number of nitrogens with one attached hydrogen (secondary N) is 1. The first-order valence-electron chi connectivity index (χ1n) is 6.40. The van der Waals surface area contributed by atoms with Crippen LogP contribution in [0.4, 0.5) is 10.1 Å². The lowest BCUT2D eigenvalue weighted by molar-refractivity contribution is 0.206. The van der Waals surface area contributed by atoms with Crippen LogP contribution in [0, 0.1) is 22.6 Å². The van der Waals surface area contributed by atoms with Crippen molar-refractivity contribution in [2.75, 3.05) is 5.32 Å². The number of hydrogen-bond acceptors (Lipinski definition) is 2. The molecule has 3 heteroatoms. The molecule has 0 saturated heterocycles. The highest BCUT2D eigenvalue weighted by atomic mass is 19.1. The number of benzene rings is 1. The van der Waals surface area contributed by atoms with Crippen LogP contribution in [-0.2, 0) is 0 Å². The third kappa shape index (κ3) is 2.81. The summed E-state index contributed by atoms with van der Waals surface area (Å²) in [6, 6.07) is 8.71. The second kappa shape index (κ2) is 4.61. The Kier molecular flexibility index (Phi) is 3.30. The Balaban J connectivity index is 2.13. The summed E-state index contributed by atoms with van der Waals surface area (Å²) in [5, 5.41) is 12.7. The van der Waals surface area contributed by atoms with E-state index >= 15 is 0 Å². The van der Waals surface area contributed by atoms with Crippen LogP contribution in [0.3, 0.4) is 0 Å². The molecule has 1 saturated carbocycles. The van der Waals surface area contributed by atoms with Crippen LogP contribution >= 0.6 is 0 Å². The predicted molar refractivity (Wildman–Crippen MR) is 70.6 cm³/mol. The topological polar surface area (TPSA) is 35.8 Å². The van der Waals surface area contributed by atoms with Crippen molar-refractivity contribution in [3.05, 3.63) is 30.1 Å². The van der Waals surface area contributed by atoms with Gasteiger partial charge in [0.1, 0.15) is 11.4 Å². The molecule has 0 bridgehead atoms. The minimum atomic E-state index is -0.538. The fourth-order valence-corrected chi connectivity index (χ4v) is 2.46. The van der Waals surface area contributed by atoms with E-state index < -0.39 is 5.54 Å². The Hall–Kier alpha value is -1.56. The smallest absolute Gasteiger partial charge is 0.125 e. The third-order valence-electron chi connectivity index (χ3n) is 3.88. The van der Waals surface area contributed by atoms with Crippen molar-refractivity contribution in [3.8, 4) is 6.07 Å². The van der Waals surface area contributed by atoms with Crippen molar-refractivity contribution in [1.82, 2.24) is 0 Å². The highest BCUT2D eigenvalue weighted by molar-refractivity contribution is 5.48. The number of anilines is 1. The summed E-state index contributed by atoms with van der Waals surface area (Å²) in [6.07, 6.45) is 3.66. The normalized spacial score (nSPS) is 21.0. The van der Waals surface area contributed by atoms with Gasteiger partial charge in [-0.3, -0.25) is 0 Å². The van der Waals surface area contributed by atoms with Gasteiger partial charge in [-0.15, -0.1) is 0 Å². The minimum Gasteiger partial charge on any atom is -0.367 e. The second-order valence-electron chi connectivity index (χ2n) is 5.99. The highest BCUT2D eigenvalue weighted by Gasteiger charge is 2.38. The summed E-state index contributed by atoms with van der Waals surface area (Å²) < 4.78 is 13.2. The monoisotopic (exact) mass is 246 g/mol. The van der Waals surface area contributed by atoms with Gasteiger partial charge in [0.2, 0.25) is 0 Å². The van der Waals surface area contributed by atoms with E-state index in [4.69, 9.17) is 0 Å². The van der Waals surface area contributed by atoms with Crippen LogP contribution in [0.1, 0.15) is 39.5 Å². The SMILES string of the molecule is CC1(C)CCC(C#N)(Nc2cccc(F)c2)CC1. The summed E-state index contributed by atoms with van der Waals surface area (Å²) >= 11 is 0. The van der Waals surface area contributed by atoms with Crippen LogP contribution in [-0.4, -0.2) is 5.54 Å². The van der Waals surface area contributed by atoms with Crippen molar-refractivity contribution in [3.63, 3.8) is 0 Å². The molecule has 0 aromatic heterocycles. The quantitative estimate of drug-likeness (QED) is 0.852.